The minimum Gasteiger partial charge on any atom is -0.416 e. The van der Waals surface area contributed by atoms with Crippen molar-refractivity contribution < 1.29 is 4.42 Å². The Morgan fingerprint density at radius 1 is 0.424 bits per heavy atom. The SMILES string of the molecule is CC(C)(C)c1cc(-c2nnc(-c3cc(C(C)(C)C)cc(C(C)(C)C)c3)o2)cc(C(C)(C)C)c1. The zero-order valence-corrected chi connectivity index (χ0v) is 22.8. The highest BCUT2D eigenvalue weighted by Crippen LogP contribution is 2.36. The van der Waals surface area contributed by atoms with Gasteiger partial charge in [-0.1, -0.05) is 95.2 Å². The van der Waals surface area contributed by atoms with Crippen LogP contribution in [0.4, 0.5) is 0 Å². The molecule has 1 heterocycles. The Labute approximate surface area is 201 Å². The van der Waals surface area contributed by atoms with Gasteiger partial charge in [0.1, 0.15) is 0 Å². The van der Waals surface area contributed by atoms with Crippen LogP contribution in [0.1, 0.15) is 105 Å². The van der Waals surface area contributed by atoms with E-state index >= 15 is 0 Å². The van der Waals surface area contributed by atoms with Crippen molar-refractivity contribution in [1.29, 1.82) is 0 Å². The Bertz CT molecular complexity index is 985. The Hall–Kier alpha value is -2.42. The normalized spacial score (nSPS) is 13.5. The molecule has 0 amide bonds. The molecule has 0 atom stereocenters. The molecule has 0 aliphatic heterocycles. The summed E-state index contributed by atoms with van der Waals surface area (Å²) in [4.78, 5) is 0. The first kappa shape index (κ1) is 25.2. The molecule has 3 rings (SSSR count). The van der Waals surface area contributed by atoms with Gasteiger partial charge >= 0.3 is 0 Å². The molecule has 0 unspecified atom stereocenters. The van der Waals surface area contributed by atoms with Gasteiger partial charge < -0.3 is 4.42 Å². The minimum absolute atomic E-state index is 0.0293. The van der Waals surface area contributed by atoms with E-state index in [1.807, 2.05) is 0 Å². The molecule has 2 aromatic carbocycles. The van der Waals surface area contributed by atoms with Crippen LogP contribution in [-0.4, -0.2) is 10.2 Å². The predicted octanol–water partition coefficient (Wildman–Crippen LogP) is 8.59. The summed E-state index contributed by atoms with van der Waals surface area (Å²) >= 11 is 0. The number of nitrogens with zero attached hydrogens (tertiary/aromatic N) is 2. The summed E-state index contributed by atoms with van der Waals surface area (Å²) < 4.78 is 6.30. The average molecular weight is 447 g/mol. The molecule has 3 heteroatoms. The second kappa shape index (κ2) is 8.11. The molecule has 0 radical (unpaired) electrons. The zero-order valence-electron chi connectivity index (χ0n) is 22.8. The lowest BCUT2D eigenvalue weighted by atomic mass is 9.79. The first-order valence-corrected chi connectivity index (χ1v) is 12.0. The van der Waals surface area contributed by atoms with Crippen molar-refractivity contribution in [2.45, 2.75) is 105 Å². The van der Waals surface area contributed by atoms with Gasteiger partial charge in [-0.05, 0) is 68.2 Å². The van der Waals surface area contributed by atoms with Gasteiger partial charge in [-0.3, -0.25) is 0 Å². The number of aromatic nitrogens is 2. The third-order valence-electron chi connectivity index (χ3n) is 6.25. The van der Waals surface area contributed by atoms with Gasteiger partial charge in [-0.15, -0.1) is 10.2 Å². The van der Waals surface area contributed by atoms with Gasteiger partial charge in [-0.25, -0.2) is 0 Å². The third kappa shape index (κ3) is 5.75. The third-order valence-corrected chi connectivity index (χ3v) is 6.25. The van der Waals surface area contributed by atoms with Crippen molar-refractivity contribution >= 4 is 0 Å². The molecule has 0 saturated carbocycles. The molecule has 0 aliphatic carbocycles. The second-order valence-corrected chi connectivity index (χ2v) is 13.5. The summed E-state index contributed by atoms with van der Waals surface area (Å²) in [5, 5.41) is 8.95. The fourth-order valence-electron chi connectivity index (χ4n) is 3.69. The van der Waals surface area contributed by atoms with Crippen LogP contribution in [0, 0.1) is 0 Å². The lowest BCUT2D eigenvalue weighted by molar-refractivity contribution is 0.561. The van der Waals surface area contributed by atoms with Crippen molar-refractivity contribution in [3.8, 4) is 22.9 Å². The molecule has 3 aromatic rings. The quantitative estimate of drug-likeness (QED) is 0.395. The van der Waals surface area contributed by atoms with Gasteiger partial charge in [-0.2, -0.15) is 0 Å². The lowest BCUT2D eigenvalue weighted by Gasteiger charge is -2.26. The van der Waals surface area contributed by atoms with Crippen LogP contribution in [0.25, 0.3) is 22.9 Å². The maximum atomic E-state index is 6.30. The summed E-state index contributed by atoms with van der Waals surface area (Å²) in [5.74, 6) is 1.14. The minimum atomic E-state index is 0.0293. The van der Waals surface area contributed by atoms with E-state index in [9.17, 15) is 0 Å². The summed E-state index contributed by atoms with van der Waals surface area (Å²) in [6.45, 7) is 26.9. The highest BCUT2D eigenvalue weighted by atomic mass is 16.4. The molecule has 178 valence electrons. The topological polar surface area (TPSA) is 38.9 Å². The average Bonchev–Trinajstić information content (AvgIpc) is 3.15. The van der Waals surface area contributed by atoms with E-state index in [0.29, 0.717) is 11.8 Å². The van der Waals surface area contributed by atoms with Crippen LogP contribution in [0.15, 0.2) is 40.8 Å². The number of hydrogen-bond acceptors (Lipinski definition) is 3. The van der Waals surface area contributed by atoms with Crippen molar-refractivity contribution in [3.63, 3.8) is 0 Å². The van der Waals surface area contributed by atoms with Crippen LogP contribution in [0.3, 0.4) is 0 Å². The summed E-state index contributed by atoms with van der Waals surface area (Å²) in [6, 6.07) is 13.4. The van der Waals surface area contributed by atoms with Crippen molar-refractivity contribution in [2.75, 3.05) is 0 Å². The van der Waals surface area contributed by atoms with Crippen LogP contribution in [-0.2, 0) is 21.7 Å². The Balaban J connectivity index is 2.15. The standard InChI is InChI=1S/C30H42N2O/c1-27(2,3)21-13-19(14-22(17-21)28(4,5)6)25-31-32-26(33-25)20-15-23(29(7,8)9)18-24(16-20)30(10,11)12/h13-18H,1-12H3. The molecule has 0 N–H and O–H groups in total. The Morgan fingerprint density at radius 2 is 0.667 bits per heavy atom. The van der Waals surface area contributed by atoms with Crippen LogP contribution in [0.5, 0.6) is 0 Å². The lowest BCUT2D eigenvalue weighted by Crippen LogP contribution is -2.16. The van der Waals surface area contributed by atoms with E-state index in [4.69, 9.17) is 4.42 Å². The molecule has 0 saturated heterocycles. The first-order chi connectivity index (χ1) is 14.9. The molecule has 0 bridgehead atoms. The number of benzene rings is 2. The van der Waals surface area contributed by atoms with E-state index in [0.717, 1.165) is 11.1 Å². The molecular weight excluding hydrogens is 404 g/mol. The molecule has 0 spiro atoms. The van der Waals surface area contributed by atoms with E-state index in [1.165, 1.54) is 22.3 Å². The molecule has 0 aliphatic rings. The van der Waals surface area contributed by atoms with E-state index in [1.54, 1.807) is 0 Å². The summed E-state index contributed by atoms with van der Waals surface area (Å²) in [5.41, 5.74) is 7.17. The molecule has 3 nitrogen and oxygen atoms in total. The highest BCUT2D eigenvalue weighted by Gasteiger charge is 2.24. The van der Waals surface area contributed by atoms with E-state index < -0.39 is 0 Å². The second-order valence-electron chi connectivity index (χ2n) is 13.5. The van der Waals surface area contributed by atoms with Crippen molar-refractivity contribution in [1.82, 2.24) is 10.2 Å². The monoisotopic (exact) mass is 446 g/mol. The number of hydrogen-bond donors (Lipinski definition) is 0. The zero-order chi connectivity index (χ0) is 25.0. The van der Waals surface area contributed by atoms with Crippen molar-refractivity contribution in [3.05, 3.63) is 58.7 Å². The Morgan fingerprint density at radius 3 is 0.879 bits per heavy atom. The van der Waals surface area contributed by atoms with Gasteiger partial charge in [0.2, 0.25) is 11.8 Å². The predicted molar refractivity (Wildman–Crippen MR) is 140 cm³/mol. The first-order valence-electron chi connectivity index (χ1n) is 12.0. The van der Waals surface area contributed by atoms with E-state index in [2.05, 4.69) is 130 Å². The summed E-state index contributed by atoms with van der Waals surface area (Å²) in [6.07, 6.45) is 0. The van der Waals surface area contributed by atoms with Crippen LogP contribution < -0.4 is 0 Å². The van der Waals surface area contributed by atoms with Gasteiger partial charge in [0, 0.05) is 11.1 Å². The fourth-order valence-corrected chi connectivity index (χ4v) is 3.69. The summed E-state index contributed by atoms with van der Waals surface area (Å²) in [7, 11) is 0. The maximum Gasteiger partial charge on any atom is 0.248 e. The highest BCUT2D eigenvalue weighted by molar-refractivity contribution is 5.62. The van der Waals surface area contributed by atoms with Crippen molar-refractivity contribution in [2.24, 2.45) is 0 Å². The Kier molecular flexibility index (Phi) is 6.20. The van der Waals surface area contributed by atoms with Gasteiger partial charge in [0.25, 0.3) is 0 Å². The van der Waals surface area contributed by atoms with Gasteiger partial charge in [0.15, 0.2) is 0 Å². The largest absolute Gasteiger partial charge is 0.416 e. The van der Waals surface area contributed by atoms with Gasteiger partial charge in [0.05, 0.1) is 0 Å². The fraction of sp³-hybridized carbons (Fsp3) is 0.533. The molecular formula is C30H42N2O. The maximum absolute atomic E-state index is 6.30. The van der Waals surface area contributed by atoms with E-state index in [-0.39, 0.29) is 21.7 Å². The molecule has 33 heavy (non-hydrogen) atoms. The van der Waals surface area contributed by atoms with Crippen LogP contribution in [0.2, 0.25) is 0 Å². The molecule has 0 fully saturated rings. The number of rotatable bonds is 2. The smallest absolute Gasteiger partial charge is 0.248 e. The van der Waals surface area contributed by atoms with Crippen LogP contribution >= 0.6 is 0 Å². The molecule has 1 aromatic heterocycles.